The molecule has 1 aliphatic carbocycles. The average molecular weight is 117 g/mol. The van der Waals surface area contributed by atoms with Crippen molar-refractivity contribution in [2.45, 2.75) is 6.42 Å². The Morgan fingerprint density at radius 1 is 1.67 bits per heavy atom. The second-order valence-corrected chi connectivity index (χ2v) is 1.64. The van der Waals surface area contributed by atoms with Crippen LogP contribution >= 0.6 is 0 Å². The van der Waals surface area contributed by atoms with E-state index in [0.717, 1.165) is 12.1 Å². The lowest BCUT2D eigenvalue weighted by molar-refractivity contribution is 1.48. The minimum Gasteiger partial charge on any atom is -0.256 e. The van der Waals surface area contributed by atoms with Crippen molar-refractivity contribution in [1.29, 1.82) is 0 Å². The second-order valence-electron chi connectivity index (χ2n) is 1.64. The smallest absolute Gasteiger partial charge is 0.112 e. The van der Waals surface area contributed by atoms with Crippen LogP contribution in [0.4, 0.5) is 0 Å². The third-order valence-corrected chi connectivity index (χ3v) is 0.997. The number of hydrogen-bond donors (Lipinski definition) is 0. The van der Waals surface area contributed by atoms with Crippen LogP contribution in [0.1, 0.15) is 6.42 Å². The summed E-state index contributed by atoms with van der Waals surface area (Å²) in [7, 11) is 0. The lowest BCUT2D eigenvalue weighted by Gasteiger charge is -1.79. The minimum atomic E-state index is 0.753. The Balaban J connectivity index is 2.85. The molecule has 0 radical (unpaired) electrons. The van der Waals surface area contributed by atoms with E-state index in [1.54, 1.807) is 0 Å². The zero-order chi connectivity index (χ0) is 6.53. The van der Waals surface area contributed by atoms with Gasteiger partial charge in [-0.1, -0.05) is 18.1 Å². The van der Waals surface area contributed by atoms with Crippen LogP contribution in [0, 0.1) is 11.8 Å². The van der Waals surface area contributed by atoms with Gasteiger partial charge in [0.1, 0.15) is 5.70 Å². The van der Waals surface area contributed by atoms with Gasteiger partial charge in [-0.15, -0.1) is 0 Å². The summed E-state index contributed by atoms with van der Waals surface area (Å²) in [6.45, 7) is 3.37. The molecule has 0 heterocycles. The lowest BCUT2D eigenvalue weighted by atomic mass is 10.4. The molecule has 44 valence electrons. The van der Waals surface area contributed by atoms with Crippen molar-refractivity contribution in [3.8, 4) is 11.8 Å². The van der Waals surface area contributed by atoms with Crippen molar-refractivity contribution in [3.05, 3.63) is 23.9 Å². The molecule has 1 aliphatic rings. The fourth-order valence-corrected chi connectivity index (χ4v) is 0.562. The van der Waals surface area contributed by atoms with Gasteiger partial charge in [-0.25, -0.2) is 0 Å². The molecule has 0 aromatic carbocycles. The molecule has 0 unspecified atom stereocenters. The van der Waals surface area contributed by atoms with Gasteiger partial charge in [0.05, 0.1) is 0 Å². The van der Waals surface area contributed by atoms with Crippen molar-refractivity contribution >= 4 is 6.72 Å². The van der Waals surface area contributed by atoms with E-state index in [1.165, 1.54) is 0 Å². The number of aliphatic imine (C=N–C) groups is 1. The maximum Gasteiger partial charge on any atom is 0.112 e. The van der Waals surface area contributed by atoms with E-state index in [4.69, 9.17) is 0 Å². The van der Waals surface area contributed by atoms with Crippen molar-refractivity contribution in [2.24, 2.45) is 4.99 Å². The van der Waals surface area contributed by atoms with Crippen molar-refractivity contribution in [3.63, 3.8) is 0 Å². The van der Waals surface area contributed by atoms with Crippen molar-refractivity contribution < 1.29 is 0 Å². The first-order valence-electron chi connectivity index (χ1n) is 2.76. The third kappa shape index (κ3) is 1.58. The Kier molecular flexibility index (Phi) is 1.87. The molecule has 0 N–H and O–H groups in total. The molecule has 0 aromatic heterocycles. The van der Waals surface area contributed by atoms with E-state index in [9.17, 15) is 0 Å². The summed E-state index contributed by atoms with van der Waals surface area (Å²) >= 11 is 0. The number of allylic oxidation sites excluding steroid dienone is 4. The van der Waals surface area contributed by atoms with Gasteiger partial charge < -0.3 is 0 Å². The summed E-state index contributed by atoms with van der Waals surface area (Å²) in [5, 5.41) is 0. The molecule has 1 rings (SSSR count). The summed E-state index contributed by atoms with van der Waals surface area (Å²) in [5.74, 6) is 5.76. The summed E-state index contributed by atoms with van der Waals surface area (Å²) < 4.78 is 0. The summed E-state index contributed by atoms with van der Waals surface area (Å²) in [5.41, 5.74) is 0.753. The quantitative estimate of drug-likeness (QED) is 0.365. The van der Waals surface area contributed by atoms with E-state index in [0.29, 0.717) is 0 Å². The standard InChI is InChI=1S/C8H7N/c1-9-8-6-4-2-3-5-7-8/h2,4,6H,1,3H2. The molecule has 1 nitrogen and oxygen atoms in total. The zero-order valence-corrected chi connectivity index (χ0v) is 5.09. The monoisotopic (exact) mass is 117 g/mol. The van der Waals surface area contributed by atoms with Gasteiger partial charge in [-0.3, -0.25) is 4.99 Å². The molecule has 0 fully saturated rings. The number of nitrogens with zero attached hydrogens (tertiary/aromatic N) is 1. The second kappa shape index (κ2) is 2.88. The summed E-state index contributed by atoms with van der Waals surface area (Å²) in [6.07, 6.45) is 6.59. The summed E-state index contributed by atoms with van der Waals surface area (Å²) in [4.78, 5) is 3.69. The Hall–Kier alpha value is -1.29. The third-order valence-electron chi connectivity index (χ3n) is 0.997. The molecular formula is C8H7N. The molecule has 0 bridgehead atoms. The zero-order valence-electron chi connectivity index (χ0n) is 5.09. The maximum atomic E-state index is 3.69. The van der Waals surface area contributed by atoms with Gasteiger partial charge in [0.15, 0.2) is 0 Å². The van der Waals surface area contributed by atoms with Crippen LogP contribution in [0.3, 0.4) is 0 Å². The molecule has 1 heteroatoms. The summed E-state index contributed by atoms with van der Waals surface area (Å²) in [6, 6.07) is 0. The first-order chi connectivity index (χ1) is 4.43. The SMILES string of the molecule is C=NC1=CC=CCC#C1. The molecule has 0 aliphatic heterocycles. The van der Waals surface area contributed by atoms with Crippen molar-refractivity contribution in [1.82, 2.24) is 0 Å². The van der Waals surface area contributed by atoms with Crippen LogP contribution < -0.4 is 0 Å². The van der Waals surface area contributed by atoms with E-state index in [-0.39, 0.29) is 0 Å². The fraction of sp³-hybridized carbons (Fsp3) is 0.125. The molecule has 0 saturated heterocycles. The Morgan fingerprint density at radius 2 is 2.56 bits per heavy atom. The van der Waals surface area contributed by atoms with E-state index in [2.05, 4.69) is 23.6 Å². The van der Waals surface area contributed by atoms with E-state index in [1.807, 2.05) is 18.2 Å². The minimum absolute atomic E-state index is 0.753. The van der Waals surface area contributed by atoms with Gasteiger partial charge >= 0.3 is 0 Å². The predicted molar refractivity (Wildman–Crippen MR) is 39.2 cm³/mol. The molecule has 0 saturated carbocycles. The average Bonchev–Trinajstić information content (AvgIpc) is 2.13. The Labute approximate surface area is 54.8 Å². The molecule has 0 spiro atoms. The molecular weight excluding hydrogens is 110 g/mol. The van der Waals surface area contributed by atoms with Crippen LogP contribution in [0.2, 0.25) is 0 Å². The van der Waals surface area contributed by atoms with E-state index >= 15 is 0 Å². The molecule has 0 amide bonds. The van der Waals surface area contributed by atoms with Gasteiger partial charge in [0.25, 0.3) is 0 Å². The van der Waals surface area contributed by atoms with Gasteiger partial charge in [-0.2, -0.15) is 0 Å². The van der Waals surface area contributed by atoms with Crippen LogP contribution in [0.25, 0.3) is 0 Å². The highest BCUT2D eigenvalue weighted by atomic mass is 14.7. The van der Waals surface area contributed by atoms with Gasteiger partial charge in [0.2, 0.25) is 0 Å². The topological polar surface area (TPSA) is 12.4 Å². The van der Waals surface area contributed by atoms with Gasteiger partial charge in [-0.05, 0) is 18.7 Å². The predicted octanol–water partition coefficient (Wildman–Crippen LogP) is 1.53. The Bertz CT molecular complexity index is 223. The van der Waals surface area contributed by atoms with Crippen LogP contribution in [0.5, 0.6) is 0 Å². The van der Waals surface area contributed by atoms with Crippen LogP contribution in [0.15, 0.2) is 28.9 Å². The van der Waals surface area contributed by atoms with Crippen LogP contribution in [-0.4, -0.2) is 6.72 Å². The highest BCUT2D eigenvalue weighted by Crippen LogP contribution is 1.97. The highest BCUT2D eigenvalue weighted by Gasteiger charge is 1.83. The molecule has 0 atom stereocenters. The van der Waals surface area contributed by atoms with Gasteiger partial charge in [0, 0.05) is 6.42 Å². The van der Waals surface area contributed by atoms with Crippen molar-refractivity contribution in [2.75, 3.05) is 0 Å². The molecule has 9 heavy (non-hydrogen) atoms. The fourth-order valence-electron chi connectivity index (χ4n) is 0.562. The highest BCUT2D eigenvalue weighted by molar-refractivity contribution is 5.40. The Morgan fingerprint density at radius 3 is 3.33 bits per heavy atom. The normalized spacial score (nSPS) is 14.9. The largest absolute Gasteiger partial charge is 0.256 e. The molecule has 0 aromatic rings. The lowest BCUT2D eigenvalue weighted by Crippen LogP contribution is -1.66. The first-order valence-corrected chi connectivity index (χ1v) is 2.76. The first kappa shape index (κ1) is 5.84. The van der Waals surface area contributed by atoms with Crippen LogP contribution in [-0.2, 0) is 0 Å². The number of rotatable bonds is 1. The number of hydrogen-bond acceptors (Lipinski definition) is 1. The van der Waals surface area contributed by atoms with E-state index < -0.39 is 0 Å². The maximum absolute atomic E-state index is 3.69.